The van der Waals surface area contributed by atoms with E-state index < -0.39 is 0 Å². The molecule has 9 heteroatoms. The van der Waals surface area contributed by atoms with E-state index in [4.69, 9.17) is 27.2 Å². The predicted octanol–water partition coefficient (Wildman–Crippen LogP) is 5.80. The van der Waals surface area contributed by atoms with E-state index >= 15 is 0 Å². The van der Waals surface area contributed by atoms with Crippen LogP contribution in [0, 0.1) is 13.8 Å². The van der Waals surface area contributed by atoms with Gasteiger partial charge >= 0.3 is 0 Å². The maximum Gasteiger partial charge on any atom is 0.257 e. The number of carbonyl (C=O) groups is 1. The molecule has 1 amide bonds. The zero-order chi connectivity index (χ0) is 27.2. The van der Waals surface area contributed by atoms with E-state index in [1.54, 1.807) is 23.0 Å². The summed E-state index contributed by atoms with van der Waals surface area (Å²) < 4.78 is 5.63. The summed E-state index contributed by atoms with van der Waals surface area (Å²) >= 11 is 5.43. The predicted molar refractivity (Wildman–Crippen MR) is 158 cm³/mol. The van der Waals surface area contributed by atoms with Gasteiger partial charge in [0.1, 0.15) is 16.8 Å². The second-order valence-electron chi connectivity index (χ2n) is 9.07. The van der Waals surface area contributed by atoms with Crippen LogP contribution in [0.5, 0.6) is 5.75 Å². The monoisotopic (exact) mass is 530 g/mol. The van der Waals surface area contributed by atoms with Gasteiger partial charge in [0.25, 0.3) is 5.91 Å². The molecule has 3 aromatic carbocycles. The Balaban J connectivity index is 1.50. The lowest BCUT2D eigenvalue weighted by Crippen LogP contribution is -2.34. The van der Waals surface area contributed by atoms with Crippen molar-refractivity contribution in [3.8, 4) is 11.4 Å². The van der Waals surface area contributed by atoms with Gasteiger partial charge in [0.15, 0.2) is 5.11 Å². The average molecular weight is 531 g/mol. The molecule has 0 aliphatic heterocycles. The van der Waals surface area contributed by atoms with Crippen molar-refractivity contribution in [3.63, 3.8) is 0 Å². The first kappa shape index (κ1) is 27.1. The van der Waals surface area contributed by atoms with Crippen molar-refractivity contribution in [2.24, 2.45) is 0 Å². The van der Waals surface area contributed by atoms with Crippen LogP contribution < -0.4 is 20.3 Å². The normalized spacial score (nSPS) is 10.9. The second kappa shape index (κ2) is 12.0. The molecule has 38 heavy (non-hydrogen) atoms. The fourth-order valence-electron chi connectivity index (χ4n) is 4.24. The van der Waals surface area contributed by atoms with Crippen LogP contribution in [-0.2, 0) is 0 Å². The summed E-state index contributed by atoms with van der Waals surface area (Å²) in [5, 5.41) is 15.5. The Morgan fingerprint density at radius 2 is 1.71 bits per heavy atom. The zero-order valence-electron chi connectivity index (χ0n) is 22.5. The highest BCUT2D eigenvalue weighted by Gasteiger charge is 2.14. The first-order chi connectivity index (χ1) is 18.3. The van der Waals surface area contributed by atoms with Crippen molar-refractivity contribution in [3.05, 3.63) is 71.3 Å². The topological polar surface area (TPSA) is 84.3 Å². The molecular weight excluding hydrogens is 496 g/mol. The molecule has 2 N–H and O–H groups in total. The van der Waals surface area contributed by atoms with Crippen LogP contribution in [0.25, 0.3) is 16.7 Å². The van der Waals surface area contributed by atoms with Gasteiger partial charge < -0.3 is 15.0 Å². The summed E-state index contributed by atoms with van der Waals surface area (Å²) in [6, 6.07) is 17.2. The minimum absolute atomic E-state index is 0.201. The number of hydrogen-bond donors (Lipinski definition) is 2. The Kier molecular flexibility index (Phi) is 8.58. The largest absolute Gasteiger partial charge is 0.494 e. The maximum atomic E-state index is 12.7. The summed E-state index contributed by atoms with van der Waals surface area (Å²) in [7, 11) is 0. The molecule has 0 atom stereocenters. The van der Waals surface area contributed by atoms with Crippen molar-refractivity contribution in [1.29, 1.82) is 0 Å². The standard InChI is InChI=1S/C29H34N6O2S/c1-6-14-37-23-11-9-10-21(17-23)28(36)31-29(38)30-24-18-26-25(16-19(24)4)32-35(33-26)27-13-12-22(15-20(27)5)34(7-2)8-3/h9-13,15-18H,6-8,14H2,1-5H3,(H2,30,31,36,38). The van der Waals surface area contributed by atoms with Gasteiger partial charge in [-0.15, -0.1) is 10.2 Å². The lowest BCUT2D eigenvalue weighted by molar-refractivity contribution is 0.0977. The van der Waals surface area contributed by atoms with E-state index in [1.165, 1.54) is 5.69 Å². The molecule has 0 aliphatic carbocycles. The van der Waals surface area contributed by atoms with E-state index in [0.29, 0.717) is 17.9 Å². The number of amides is 1. The minimum atomic E-state index is -0.308. The first-order valence-corrected chi connectivity index (χ1v) is 13.3. The molecule has 0 aliphatic rings. The summed E-state index contributed by atoms with van der Waals surface area (Å²) in [6.07, 6.45) is 0.893. The van der Waals surface area contributed by atoms with Crippen molar-refractivity contribution < 1.29 is 9.53 Å². The number of ether oxygens (including phenoxy) is 1. The summed E-state index contributed by atoms with van der Waals surface area (Å²) in [4.78, 5) is 16.7. The van der Waals surface area contributed by atoms with Crippen LogP contribution in [0.15, 0.2) is 54.6 Å². The molecular formula is C29H34N6O2S. The smallest absolute Gasteiger partial charge is 0.257 e. The quantitative estimate of drug-likeness (QED) is 0.265. The van der Waals surface area contributed by atoms with E-state index in [-0.39, 0.29) is 11.0 Å². The number of fused-ring (bicyclic) bond motifs is 1. The van der Waals surface area contributed by atoms with Gasteiger partial charge in [0.2, 0.25) is 0 Å². The number of hydrogen-bond acceptors (Lipinski definition) is 6. The van der Waals surface area contributed by atoms with Gasteiger partial charge in [-0.2, -0.15) is 4.80 Å². The maximum absolute atomic E-state index is 12.7. The third-order valence-corrected chi connectivity index (χ3v) is 6.50. The summed E-state index contributed by atoms with van der Waals surface area (Å²) in [5.41, 5.74) is 6.87. The SMILES string of the molecule is CCCOc1cccc(C(=O)NC(=S)Nc2cc3nn(-c4ccc(N(CC)CC)cc4C)nc3cc2C)c1. The highest BCUT2D eigenvalue weighted by molar-refractivity contribution is 7.80. The second-order valence-corrected chi connectivity index (χ2v) is 9.48. The lowest BCUT2D eigenvalue weighted by Gasteiger charge is -2.22. The molecule has 0 saturated carbocycles. The number of aryl methyl sites for hydroxylation is 2. The first-order valence-electron chi connectivity index (χ1n) is 12.9. The lowest BCUT2D eigenvalue weighted by atomic mass is 10.1. The van der Waals surface area contributed by atoms with Crippen molar-refractivity contribution in [2.75, 3.05) is 29.9 Å². The van der Waals surface area contributed by atoms with Crippen LogP contribution in [0.1, 0.15) is 48.7 Å². The highest BCUT2D eigenvalue weighted by Crippen LogP contribution is 2.25. The van der Waals surface area contributed by atoms with Gasteiger partial charge in [-0.25, -0.2) is 0 Å². The van der Waals surface area contributed by atoms with Crippen LogP contribution in [0.3, 0.4) is 0 Å². The molecule has 198 valence electrons. The zero-order valence-corrected chi connectivity index (χ0v) is 23.4. The molecule has 1 heterocycles. The number of benzene rings is 3. The number of anilines is 2. The van der Waals surface area contributed by atoms with Gasteiger partial charge in [0.05, 0.1) is 12.3 Å². The third kappa shape index (κ3) is 6.11. The Bertz CT molecular complexity index is 1460. The molecule has 0 spiro atoms. The van der Waals surface area contributed by atoms with Crippen LogP contribution >= 0.6 is 12.2 Å². The van der Waals surface area contributed by atoms with Crippen LogP contribution in [-0.4, -0.2) is 45.7 Å². The van der Waals surface area contributed by atoms with Crippen molar-refractivity contribution in [2.45, 2.75) is 41.0 Å². The average Bonchev–Trinajstić information content (AvgIpc) is 3.30. The van der Waals surface area contributed by atoms with E-state index in [0.717, 1.165) is 53.0 Å². The third-order valence-electron chi connectivity index (χ3n) is 6.30. The molecule has 0 bridgehead atoms. The van der Waals surface area contributed by atoms with Crippen LogP contribution in [0.4, 0.5) is 11.4 Å². The summed E-state index contributed by atoms with van der Waals surface area (Å²) in [5.74, 6) is 0.346. The number of nitrogens with zero attached hydrogens (tertiary/aromatic N) is 4. The summed E-state index contributed by atoms with van der Waals surface area (Å²) in [6.45, 7) is 12.9. The van der Waals surface area contributed by atoms with E-state index in [1.807, 2.05) is 32.0 Å². The number of rotatable bonds is 9. The molecule has 0 fully saturated rings. The van der Waals surface area contributed by atoms with Crippen molar-refractivity contribution in [1.82, 2.24) is 20.3 Å². The fourth-order valence-corrected chi connectivity index (χ4v) is 4.44. The Hall–Kier alpha value is -3.98. The van der Waals surface area contributed by atoms with E-state index in [9.17, 15) is 4.79 Å². The van der Waals surface area contributed by atoms with Crippen molar-refractivity contribution >= 4 is 45.6 Å². The highest BCUT2D eigenvalue weighted by atomic mass is 32.1. The Labute approximate surface area is 229 Å². The minimum Gasteiger partial charge on any atom is -0.494 e. The molecule has 0 radical (unpaired) electrons. The molecule has 4 aromatic rings. The Morgan fingerprint density at radius 3 is 2.39 bits per heavy atom. The number of aromatic nitrogens is 3. The van der Waals surface area contributed by atoms with Gasteiger partial charge in [0, 0.05) is 30.0 Å². The fraction of sp³-hybridized carbons (Fsp3) is 0.310. The van der Waals surface area contributed by atoms with Gasteiger partial charge in [-0.3, -0.25) is 10.1 Å². The molecule has 0 saturated heterocycles. The van der Waals surface area contributed by atoms with Gasteiger partial charge in [-0.1, -0.05) is 13.0 Å². The van der Waals surface area contributed by atoms with E-state index in [2.05, 4.69) is 54.5 Å². The molecule has 0 unspecified atom stereocenters. The molecule has 4 rings (SSSR count). The van der Waals surface area contributed by atoms with Gasteiger partial charge in [-0.05, 0) is 106 Å². The number of nitrogens with one attached hydrogen (secondary N) is 2. The number of thiocarbonyl (C=S) groups is 1. The Morgan fingerprint density at radius 1 is 0.974 bits per heavy atom. The number of carbonyl (C=O) groups excluding carboxylic acids is 1. The van der Waals surface area contributed by atoms with Crippen LogP contribution in [0.2, 0.25) is 0 Å². The molecule has 8 nitrogen and oxygen atoms in total. The molecule has 1 aromatic heterocycles.